The Hall–Kier alpha value is -1.77. The number of fused-ring (bicyclic) bond motifs is 1. The van der Waals surface area contributed by atoms with Gasteiger partial charge in [0.2, 0.25) is 0 Å². The van der Waals surface area contributed by atoms with Crippen LogP contribution in [0.4, 0.5) is 0 Å². The minimum Gasteiger partial charge on any atom is -0.361 e. The van der Waals surface area contributed by atoms with Gasteiger partial charge in [0.25, 0.3) is 5.91 Å². The van der Waals surface area contributed by atoms with E-state index in [1.807, 2.05) is 30.5 Å². The van der Waals surface area contributed by atoms with Crippen molar-refractivity contribution in [3.63, 3.8) is 0 Å². The summed E-state index contributed by atoms with van der Waals surface area (Å²) < 4.78 is 0. The van der Waals surface area contributed by atoms with Crippen LogP contribution in [0.5, 0.6) is 0 Å². The highest BCUT2D eigenvalue weighted by atomic mass is 16.1. The van der Waals surface area contributed by atoms with E-state index in [0.717, 1.165) is 29.3 Å². The van der Waals surface area contributed by atoms with Crippen molar-refractivity contribution in [2.45, 2.75) is 45.6 Å². The van der Waals surface area contributed by atoms with Gasteiger partial charge < -0.3 is 10.3 Å². The molecule has 1 heterocycles. The lowest BCUT2D eigenvalue weighted by Gasteiger charge is -2.34. The van der Waals surface area contributed by atoms with Gasteiger partial charge in [-0.2, -0.15) is 0 Å². The highest BCUT2D eigenvalue weighted by Gasteiger charge is 2.27. The summed E-state index contributed by atoms with van der Waals surface area (Å²) in [6, 6.07) is 8.16. The van der Waals surface area contributed by atoms with Crippen molar-refractivity contribution in [1.82, 2.24) is 10.3 Å². The second-order valence-electron chi connectivity index (χ2n) is 6.66. The van der Waals surface area contributed by atoms with Crippen molar-refractivity contribution in [2.75, 3.05) is 0 Å². The lowest BCUT2D eigenvalue weighted by Crippen LogP contribution is -2.39. The fraction of sp³-hybridized carbons (Fsp3) is 0.471. The highest BCUT2D eigenvalue weighted by Crippen LogP contribution is 2.35. The zero-order valence-electron chi connectivity index (χ0n) is 12.2. The Kier molecular flexibility index (Phi) is 3.28. The number of rotatable bonds is 2. The number of nitrogens with one attached hydrogen (secondary N) is 2. The van der Waals surface area contributed by atoms with Gasteiger partial charge in [0.05, 0.1) is 11.1 Å². The van der Waals surface area contributed by atoms with Crippen LogP contribution in [-0.4, -0.2) is 16.9 Å². The third-order valence-electron chi connectivity index (χ3n) is 4.51. The summed E-state index contributed by atoms with van der Waals surface area (Å²) in [6.07, 6.45) is 6.42. The molecule has 3 heteroatoms. The molecule has 106 valence electrons. The Morgan fingerprint density at radius 1 is 1.25 bits per heavy atom. The Morgan fingerprint density at radius 2 is 2.00 bits per heavy atom. The molecule has 1 aliphatic rings. The minimum absolute atomic E-state index is 0.0442. The molecule has 0 atom stereocenters. The van der Waals surface area contributed by atoms with E-state index in [9.17, 15) is 4.79 Å². The van der Waals surface area contributed by atoms with E-state index in [2.05, 4.69) is 24.1 Å². The van der Waals surface area contributed by atoms with E-state index in [1.54, 1.807) is 0 Å². The topological polar surface area (TPSA) is 44.9 Å². The molecule has 0 bridgehead atoms. The molecular formula is C17H22N2O. The Labute approximate surface area is 119 Å². The van der Waals surface area contributed by atoms with Crippen molar-refractivity contribution in [3.8, 4) is 0 Å². The van der Waals surface area contributed by atoms with Crippen LogP contribution < -0.4 is 5.32 Å². The van der Waals surface area contributed by atoms with Crippen molar-refractivity contribution < 1.29 is 4.79 Å². The predicted molar refractivity (Wildman–Crippen MR) is 81.8 cm³/mol. The van der Waals surface area contributed by atoms with E-state index in [-0.39, 0.29) is 5.91 Å². The normalized spacial score (nSPS) is 19.1. The van der Waals surface area contributed by atoms with Crippen molar-refractivity contribution in [3.05, 3.63) is 36.0 Å². The number of hydrogen-bond acceptors (Lipinski definition) is 1. The number of amides is 1. The van der Waals surface area contributed by atoms with Crippen molar-refractivity contribution in [2.24, 2.45) is 5.41 Å². The summed E-state index contributed by atoms with van der Waals surface area (Å²) in [7, 11) is 0. The second kappa shape index (κ2) is 4.97. The molecule has 1 aromatic carbocycles. The van der Waals surface area contributed by atoms with Gasteiger partial charge >= 0.3 is 0 Å². The molecule has 1 amide bonds. The molecule has 1 saturated carbocycles. The second-order valence-corrected chi connectivity index (χ2v) is 6.66. The van der Waals surface area contributed by atoms with E-state index in [4.69, 9.17) is 0 Å². The molecule has 0 unspecified atom stereocenters. The molecule has 1 aliphatic carbocycles. The number of hydrogen-bond donors (Lipinski definition) is 2. The molecule has 1 fully saturated rings. The maximum atomic E-state index is 12.5. The van der Waals surface area contributed by atoms with Gasteiger partial charge in [-0.15, -0.1) is 0 Å². The summed E-state index contributed by atoms with van der Waals surface area (Å²) in [6.45, 7) is 4.62. The number of aromatic amines is 1. The van der Waals surface area contributed by atoms with Crippen LogP contribution in [-0.2, 0) is 0 Å². The third kappa shape index (κ3) is 2.58. The fourth-order valence-corrected chi connectivity index (χ4v) is 3.08. The number of aromatic nitrogens is 1. The fourth-order valence-electron chi connectivity index (χ4n) is 3.08. The number of H-pyrrole nitrogens is 1. The first-order valence-corrected chi connectivity index (χ1v) is 7.42. The molecule has 0 aliphatic heterocycles. The highest BCUT2D eigenvalue weighted by molar-refractivity contribution is 6.05. The van der Waals surface area contributed by atoms with Gasteiger partial charge in [0.1, 0.15) is 0 Å². The summed E-state index contributed by atoms with van der Waals surface area (Å²) in [5.74, 6) is 0.0442. The number of carbonyl (C=O) groups is 1. The van der Waals surface area contributed by atoms with E-state index >= 15 is 0 Å². The lowest BCUT2D eigenvalue weighted by atomic mass is 9.75. The number of para-hydroxylation sites is 1. The Bertz CT molecular complexity index is 617. The molecular weight excluding hydrogens is 248 g/mol. The van der Waals surface area contributed by atoms with Gasteiger partial charge in [0.15, 0.2) is 0 Å². The summed E-state index contributed by atoms with van der Waals surface area (Å²) >= 11 is 0. The van der Waals surface area contributed by atoms with Crippen LogP contribution in [0.25, 0.3) is 10.9 Å². The molecule has 3 nitrogen and oxygen atoms in total. The SMILES string of the molecule is CC1(C)CCC(NC(=O)c2cccc3cc[nH]c23)CC1. The van der Waals surface area contributed by atoms with Crippen molar-refractivity contribution >= 4 is 16.8 Å². The lowest BCUT2D eigenvalue weighted by molar-refractivity contribution is 0.0910. The van der Waals surface area contributed by atoms with Crippen molar-refractivity contribution in [1.29, 1.82) is 0 Å². The first kappa shape index (κ1) is 13.2. The molecule has 20 heavy (non-hydrogen) atoms. The van der Waals surface area contributed by atoms with Crippen LogP contribution in [0.15, 0.2) is 30.5 Å². The van der Waals surface area contributed by atoms with E-state index in [1.165, 1.54) is 12.8 Å². The smallest absolute Gasteiger partial charge is 0.253 e. The molecule has 2 aromatic rings. The average Bonchev–Trinajstić information content (AvgIpc) is 2.89. The van der Waals surface area contributed by atoms with Gasteiger partial charge in [-0.05, 0) is 43.2 Å². The first-order valence-electron chi connectivity index (χ1n) is 7.42. The maximum Gasteiger partial charge on any atom is 0.253 e. The third-order valence-corrected chi connectivity index (χ3v) is 4.51. The van der Waals surface area contributed by atoms with Crippen LogP contribution in [0.1, 0.15) is 49.9 Å². The van der Waals surface area contributed by atoms with Crippen LogP contribution in [0, 0.1) is 5.41 Å². The van der Waals surface area contributed by atoms with Gasteiger partial charge in [-0.3, -0.25) is 4.79 Å². The van der Waals surface area contributed by atoms with Crippen LogP contribution in [0.3, 0.4) is 0 Å². The van der Waals surface area contributed by atoms with E-state index < -0.39 is 0 Å². The van der Waals surface area contributed by atoms with Gasteiger partial charge in [-0.1, -0.05) is 26.0 Å². The first-order chi connectivity index (χ1) is 9.55. The summed E-state index contributed by atoms with van der Waals surface area (Å²) in [5, 5.41) is 4.28. The maximum absolute atomic E-state index is 12.5. The number of carbonyl (C=O) groups excluding carboxylic acids is 1. The molecule has 0 spiro atoms. The molecule has 0 radical (unpaired) electrons. The van der Waals surface area contributed by atoms with Gasteiger partial charge in [0, 0.05) is 17.6 Å². The Balaban J connectivity index is 1.72. The zero-order valence-corrected chi connectivity index (χ0v) is 12.2. The monoisotopic (exact) mass is 270 g/mol. The zero-order chi connectivity index (χ0) is 14.2. The minimum atomic E-state index is 0.0442. The standard InChI is InChI=1S/C17H22N2O/c1-17(2)9-6-13(7-10-17)19-16(20)14-5-3-4-12-8-11-18-15(12)14/h3-5,8,11,13,18H,6-7,9-10H2,1-2H3,(H,19,20). The Morgan fingerprint density at radius 3 is 2.75 bits per heavy atom. The molecule has 2 N–H and O–H groups in total. The molecule has 0 saturated heterocycles. The average molecular weight is 270 g/mol. The van der Waals surface area contributed by atoms with E-state index in [0.29, 0.717) is 11.5 Å². The summed E-state index contributed by atoms with van der Waals surface area (Å²) in [4.78, 5) is 15.6. The van der Waals surface area contributed by atoms with Gasteiger partial charge in [-0.25, -0.2) is 0 Å². The molecule has 1 aromatic heterocycles. The van der Waals surface area contributed by atoms with Crippen LogP contribution in [0.2, 0.25) is 0 Å². The largest absolute Gasteiger partial charge is 0.361 e. The molecule has 3 rings (SSSR count). The quantitative estimate of drug-likeness (QED) is 0.855. The van der Waals surface area contributed by atoms with Crippen LogP contribution >= 0.6 is 0 Å². The number of benzene rings is 1. The predicted octanol–water partition coefficient (Wildman–Crippen LogP) is 3.87. The summed E-state index contributed by atoms with van der Waals surface area (Å²) in [5.41, 5.74) is 2.11.